The topological polar surface area (TPSA) is 241 Å². The summed E-state index contributed by atoms with van der Waals surface area (Å²) in [4.78, 5) is 19.3. The first-order valence-corrected chi connectivity index (χ1v) is 27.0. The Morgan fingerprint density at radius 3 is 1.67 bits per heavy atom. The minimum atomic E-state index is -3.18. The second-order valence-electron chi connectivity index (χ2n) is 15.6. The molecule has 0 unspecified atom stereocenters. The summed E-state index contributed by atoms with van der Waals surface area (Å²) in [5.74, 6) is 2.19. The van der Waals surface area contributed by atoms with E-state index >= 15 is 0 Å². The normalized spacial score (nSPS) is 12.7. The number of piperazine rings is 1. The lowest BCUT2D eigenvalue weighted by molar-refractivity contribution is 0.416. The molecule has 3 heterocycles. The summed E-state index contributed by atoms with van der Waals surface area (Å²) in [5.41, 5.74) is 13.0. The third-order valence-electron chi connectivity index (χ3n) is 9.68. The molecule has 0 bridgehead atoms. The number of hydrogen-bond acceptors (Lipinski definition) is 17. The van der Waals surface area contributed by atoms with Crippen LogP contribution in [0.25, 0.3) is 0 Å². The van der Waals surface area contributed by atoms with Gasteiger partial charge >= 0.3 is 0 Å². The summed E-state index contributed by atoms with van der Waals surface area (Å²) in [6, 6.07) is 27.5. The predicted molar refractivity (Wildman–Crippen MR) is 266 cm³/mol. The molecule has 1 saturated heterocycles. The van der Waals surface area contributed by atoms with Crippen LogP contribution in [0.3, 0.4) is 0 Å². The zero-order valence-electron chi connectivity index (χ0n) is 37.5. The SMILES string of the molecule is COc1cc(N2CCNCC2)ccc1Nc1ncc(C)c(Nc2ccccc2CS(C)(=O)=O)n1.CS(=O)(=O)Cc1ccccc1N.Cc1cnc(Cl)nc1Nc1ccccc1CS(C)(=O)=O. The molecule has 4 aromatic carbocycles. The fourth-order valence-corrected chi connectivity index (χ4v) is 9.10. The average molecular weight is 980 g/mol. The fourth-order valence-electron chi connectivity index (χ4n) is 6.50. The number of nitrogen functional groups attached to an aromatic ring is 1. The van der Waals surface area contributed by atoms with Crippen LogP contribution in [0.5, 0.6) is 5.75 Å². The quantitative estimate of drug-likeness (QED) is 0.0558. The number of sulfone groups is 3. The Bertz CT molecular complexity index is 2960. The third-order valence-corrected chi connectivity index (χ3v) is 12.4. The van der Waals surface area contributed by atoms with Gasteiger partial charge < -0.3 is 36.6 Å². The Hall–Kier alpha value is -6.06. The van der Waals surface area contributed by atoms with Crippen LogP contribution >= 0.6 is 11.6 Å². The summed E-state index contributed by atoms with van der Waals surface area (Å²) in [6.07, 6.45) is 6.95. The minimum Gasteiger partial charge on any atom is -0.494 e. The van der Waals surface area contributed by atoms with Crippen molar-refractivity contribution >= 4 is 87.1 Å². The van der Waals surface area contributed by atoms with Crippen molar-refractivity contribution in [2.45, 2.75) is 31.1 Å². The molecule has 0 amide bonds. The van der Waals surface area contributed by atoms with E-state index in [1.807, 2.05) is 50.2 Å². The number of nitrogens with two attached hydrogens (primary N) is 1. The monoisotopic (exact) mass is 978 g/mol. The number of hydrogen-bond donors (Lipinski definition) is 5. The Labute approximate surface area is 392 Å². The highest BCUT2D eigenvalue weighted by Crippen LogP contribution is 2.33. The van der Waals surface area contributed by atoms with Crippen LogP contribution < -0.4 is 36.6 Å². The van der Waals surface area contributed by atoms with Gasteiger partial charge in [-0.2, -0.15) is 4.98 Å². The average Bonchev–Trinajstić information content (AvgIpc) is 3.25. The van der Waals surface area contributed by atoms with E-state index in [9.17, 15) is 25.3 Å². The summed E-state index contributed by atoms with van der Waals surface area (Å²) in [6.45, 7) is 7.57. The van der Waals surface area contributed by atoms with E-state index in [0.29, 0.717) is 57.1 Å². The van der Waals surface area contributed by atoms with Gasteiger partial charge in [0.2, 0.25) is 11.2 Å². The van der Waals surface area contributed by atoms with Crippen molar-refractivity contribution in [3.05, 3.63) is 136 Å². The Kier molecular flexibility index (Phi) is 17.7. The van der Waals surface area contributed by atoms with E-state index in [4.69, 9.17) is 22.1 Å². The maximum atomic E-state index is 11.8. The van der Waals surface area contributed by atoms with Crippen LogP contribution in [0.4, 0.5) is 46.0 Å². The van der Waals surface area contributed by atoms with Crippen LogP contribution in [-0.2, 0) is 46.8 Å². The van der Waals surface area contributed by atoms with Crippen LogP contribution in [0, 0.1) is 13.8 Å². The lowest BCUT2D eigenvalue weighted by Gasteiger charge is -2.30. The predicted octanol–water partition coefficient (Wildman–Crippen LogP) is 6.78. The molecule has 6 N–H and O–H groups in total. The van der Waals surface area contributed by atoms with E-state index in [0.717, 1.165) is 48.7 Å². The maximum Gasteiger partial charge on any atom is 0.229 e. The van der Waals surface area contributed by atoms with E-state index in [1.54, 1.807) is 68.0 Å². The molecule has 1 aliphatic heterocycles. The molecular formula is C45H55ClN10O7S3. The number of aryl methyl sites for hydroxylation is 2. The van der Waals surface area contributed by atoms with Gasteiger partial charge in [0.1, 0.15) is 17.4 Å². The summed E-state index contributed by atoms with van der Waals surface area (Å²) < 4.78 is 74.0. The van der Waals surface area contributed by atoms with Crippen molar-refractivity contribution in [1.82, 2.24) is 25.3 Å². The molecule has 21 heteroatoms. The van der Waals surface area contributed by atoms with Gasteiger partial charge in [0.25, 0.3) is 0 Å². The number of aromatic nitrogens is 4. The molecular weight excluding hydrogens is 924 g/mol. The highest BCUT2D eigenvalue weighted by atomic mass is 35.5. The standard InChI is InChI=1S/C24H30N6O3S.C13H14ClN3O2S.C8H11NO2S/c1-17-15-26-24(29-23(17)27-20-7-5-4-6-18(20)16-34(3,31)32)28-21-9-8-19(14-22(21)33-2)30-12-10-25-11-13-30;1-9-7-15-13(14)17-12(9)16-11-6-4-3-5-10(11)8-20(2,18)19;1-12(10,11)6-7-4-2-3-5-8(7)9/h4-9,14-15,25H,10-13,16H2,1-3H3,(H2,26,27,28,29);3-7H,8H2,1-2H3,(H,15,16,17);2-5H,6,9H2,1H3. The number of methoxy groups -OCH3 is 1. The molecule has 66 heavy (non-hydrogen) atoms. The summed E-state index contributed by atoms with van der Waals surface area (Å²) >= 11 is 5.77. The molecule has 1 aliphatic rings. The van der Waals surface area contributed by atoms with Gasteiger partial charge in [-0.05, 0) is 72.5 Å². The minimum absolute atomic E-state index is 0.0136. The van der Waals surface area contributed by atoms with Gasteiger partial charge in [0, 0.05) is 97.3 Å². The summed E-state index contributed by atoms with van der Waals surface area (Å²) in [5, 5.41) is 13.1. The zero-order chi connectivity index (χ0) is 48.1. The van der Waals surface area contributed by atoms with Crippen molar-refractivity contribution in [3.63, 3.8) is 0 Å². The molecule has 6 aromatic rings. The van der Waals surface area contributed by atoms with E-state index in [1.165, 1.54) is 18.8 Å². The summed E-state index contributed by atoms with van der Waals surface area (Å²) in [7, 11) is -7.62. The van der Waals surface area contributed by atoms with E-state index in [-0.39, 0.29) is 22.5 Å². The number of benzene rings is 4. The van der Waals surface area contributed by atoms with Gasteiger partial charge in [-0.15, -0.1) is 0 Å². The number of ether oxygens (including phenoxy) is 1. The smallest absolute Gasteiger partial charge is 0.229 e. The highest BCUT2D eigenvalue weighted by Gasteiger charge is 2.16. The van der Waals surface area contributed by atoms with Crippen molar-refractivity contribution in [1.29, 1.82) is 0 Å². The molecule has 17 nitrogen and oxygen atoms in total. The molecule has 352 valence electrons. The second kappa shape index (κ2) is 22.9. The van der Waals surface area contributed by atoms with Gasteiger partial charge in [0.05, 0.1) is 30.1 Å². The largest absolute Gasteiger partial charge is 0.494 e. The van der Waals surface area contributed by atoms with Crippen molar-refractivity contribution in [2.75, 3.05) is 78.6 Å². The van der Waals surface area contributed by atoms with Crippen LogP contribution in [0.15, 0.2) is 103 Å². The second-order valence-corrected chi connectivity index (χ2v) is 22.4. The third kappa shape index (κ3) is 16.4. The highest BCUT2D eigenvalue weighted by molar-refractivity contribution is 7.90. The molecule has 0 aliphatic carbocycles. The molecule has 7 rings (SSSR count). The van der Waals surface area contributed by atoms with Crippen LogP contribution in [-0.4, -0.2) is 97.2 Å². The van der Waals surface area contributed by atoms with E-state index < -0.39 is 29.5 Å². The Morgan fingerprint density at radius 1 is 0.652 bits per heavy atom. The number of nitrogens with zero attached hydrogens (tertiary/aromatic N) is 5. The molecule has 0 saturated carbocycles. The number of nitrogens with one attached hydrogen (secondary N) is 4. The maximum absolute atomic E-state index is 11.8. The van der Waals surface area contributed by atoms with Crippen molar-refractivity contribution in [2.24, 2.45) is 0 Å². The van der Waals surface area contributed by atoms with Gasteiger partial charge in [-0.1, -0.05) is 54.6 Å². The van der Waals surface area contributed by atoms with Crippen molar-refractivity contribution < 1.29 is 30.0 Å². The first-order valence-electron chi connectivity index (χ1n) is 20.5. The molecule has 0 atom stereocenters. The number of rotatable bonds is 14. The molecule has 1 fully saturated rings. The first-order chi connectivity index (χ1) is 31.2. The first kappa shape index (κ1) is 50.9. The zero-order valence-corrected chi connectivity index (χ0v) is 40.7. The van der Waals surface area contributed by atoms with Gasteiger partial charge in [-0.25, -0.2) is 40.2 Å². The Balaban J connectivity index is 0.000000214. The van der Waals surface area contributed by atoms with Gasteiger partial charge in [0.15, 0.2) is 29.5 Å². The molecule has 2 aromatic heterocycles. The van der Waals surface area contributed by atoms with Crippen LogP contribution in [0.1, 0.15) is 27.8 Å². The van der Waals surface area contributed by atoms with Crippen molar-refractivity contribution in [3.8, 4) is 5.75 Å². The van der Waals surface area contributed by atoms with Gasteiger partial charge in [-0.3, -0.25) is 0 Å². The molecule has 0 spiro atoms. The van der Waals surface area contributed by atoms with E-state index in [2.05, 4.69) is 52.2 Å². The Morgan fingerprint density at radius 2 is 1.14 bits per heavy atom. The lowest BCUT2D eigenvalue weighted by atomic mass is 10.2. The fraction of sp³-hybridized carbons (Fsp3) is 0.289. The number of para-hydroxylation sites is 3. The molecule has 0 radical (unpaired) electrons. The number of anilines is 8. The number of halogens is 1. The lowest BCUT2D eigenvalue weighted by Crippen LogP contribution is -2.43. The van der Waals surface area contributed by atoms with Crippen LogP contribution in [0.2, 0.25) is 5.28 Å².